The summed E-state index contributed by atoms with van der Waals surface area (Å²) in [6, 6.07) is 4.96. The molecular formula is C20H19FN6O. The fraction of sp³-hybridized carbons (Fsp3) is 0.300. The summed E-state index contributed by atoms with van der Waals surface area (Å²) in [5.74, 6) is -0.577. The predicted molar refractivity (Wildman–Crippen MR) is 104 cm³/mol. The molecule has 3 aromatic heterocycles. The fourth-order valence-corrected chi connectivity index (χ4v) is 3.88. The largest absolute Gasteiger partial charge is 0.315 e. The first-order chi connectivity index (χ1) is 13.5. The van der Waals surface area contributed by atoms with Crippen molar-refractivity contribution >= 4 is 16.6 Å². The van der Waals surface area contributed by atoms with Crippen molar-refractivity contribution in [2.24, 2.45) is 0 Å². The van der Waals surface area contributed by atoms with E-state index in [2.05, 4.69) is 20.4 Å². The molecule has 1 N–H and O–H groups in total. The van der Waals surface area contributed by atoms with Gasteiger partial charge in [-0.1, -0.05) is 0 Å². The Bertz CT molecular complexity index is 1290. The van der Waals surface area contributed by atoms with E-state index in [1.807, 2.05) is 26.1 Å². The Kier molecular flexibility index (Phi) is 3.77. The molecule has 5 rings (SSSR count). The SMILES string of the molecule is Cc1cn2nc(-c3cc(F)c4c(=O)n(C5CCNC5)cnc4c3)cc(C)c2n1. The first-order valence-electron chi connectivity index (χ1n) is 9.26. The maximum atomic E-state index is 15.0. The van der Waals surface area contributed by atoms with Crippen LogP contribution in [0.3, 0.4) is 0 Å². The first-order valence-corrected chi connectivity index (χ1v) is 9.26. The highest BCUT2D eigenvalue weighted by atomic mass is 19.1. The minimum Gasteiger partial charge on any atom is -0.315 e. The van der Waals surface area contributed by atoms with Crippen molar-refractivity contribution < 1.29 is 4.39 Å². The van der Waals surface area contributed by atoms with Crippen LogP contribution in [0.5, 0.6) is 0 Å². The summed E-state index contributed by atoms with van der Waals surface area (Å²) in [5, 5.41) is 7.78. The maximum Gasteiger partial charge on any atom is 0.264 e. The summed E-state index contributed by atoms with van der Waals surface area (Å²) >= 11 is 0. The van der Waals surface area contributed by atoms with Crippen molar-refractivity contribution in [3.05, 3.63) is 58.2 Å². The zero-order valence-electron chi connectivity index (χ0n) is 15.6. The molecule has 1 fully saturated rings. The monoisotopic (exact) mass is 378 g/mol. The second kappa shape index (κ2) is 6.20. The maximum absolute atomic E-state index is 15.0. The number of hydrogen-bond donors (Lipinski definition) is 1. The van der Waals surface area contributed by atoms with E-state index in [1.165, 1.54) is 17.0 Å². The quantitative estimate of drug-likeness (QED) is 0.580. The molecule has 1 aliphatic heterocycles. The van der Waals surface area contributed by atoms with Crippen LogP contribution in [0, 0.1) is 19.7 Å². The summed E-state index contributed by atoms with van der Waals surface area (Å²) in [4.78, 5) is 21.7. The number of nitrogens with one attached hydrogen (secondary N) is 1. The van der Waals surface area contributed by atoms with Gasteiger partial charge in [0.2, 0.25) is 0 Å². The number of aromatic nitrogens is 5. The van der Waals surface area contributed by atoms with Gasteiger partial charge in [-0.25, -0.2) is 18.9 Å². The Morgan fingerprint density at radius 3 is 2.89 bits per heavy atom. The van der Waals surface area contributed by atoms with Gasteiger partial charge in [0.1, 0.15) is 11.2 Å². The van der Waals surface area contributed by atoms with E-state index >= 15 is 0 Å². The molecular weight excluding hydrogens is 359 g/mol. The van der Waals surface area contributed by atoms with E-state index < -0.39 is 5.82 Å². The molecule has 0 bridgehead atoms. The highest BCUT2D eigenvalue weighted by Gasteiger charge is 2.20. The third-order valence-corrected chi connectivity index (χ3v) is 5.29. The molecule has 7 nitrogen and oxygen atoms in total. The predicted octanol–water partition coefficient (Wildman–Crippen LogP) is 2.40. The van der Waals surface area contributed by atoms with Gasteiger partial charge in [-0.3, -0.25) is 9.36 Å². The number of nitrogens with zero attached hydrogens (tertiary/aromatic N) is 5. The zero-order chi connectivity index (χ0) is 19.4. The molecule has 28 heavy (non-hydrogen) atoms. The van der Waals surface area contributed by atoms with Crippen LogP contribution in [0.15, 0.2) is 35.5 Å². The number of rotatable bonds is 2. The van der Waals surface area contributed by atoms with Gasteiger partial charge >= 0.3 is 0 Å². The molecule has 0 aliphatic carbocycles. The lowest BCUT2D eigenvalue weighted by molar-refractivity contribution is 0.523. The highest BCUT2D eigenvalue weighted by Crippen LogP contribution is 2.25. The highest BCUT2D eigenvalue weighted by molar-refractivity contribution is 5.83. The van der Waals surface area contributed by atoms with E-state index in [1.54, 1.807) is 10.6 Å². The van der Waals surface area contributed by atoms with Gasteiger partial charge in [0.05, 0.1) is 35.5 Å². The minimum absolute atomic E-state index is 0.0136. The smallest absolute Gasteiger partial charge is 0.264 e. The van der Waals surface area contributed by atoms with E-state index in [4.69, 9.17) is 0 Å². The van der Waals surface area contributed by atoms with Gasteiger partial charge in [-0.15, -0.1) is 0 Å². The van der Waals surface area contributed by atoms with Crippen molar-refractivity contribution in [1.82, 2.24) is 29.5 Å². The molecule has 0 saturated carbocycles. The second-order valence-corrected chi connectivity index (χ2v) is 7.32. The van der Waals surface area contributed by atoms with Crippen molar-refractivity contribution in [1.29, 1.82) is 0 Å². The topological polar surface area (TPSA) is 77.1 Å². The Hall–Kier alpha value is -3.13. The average Bonchev–Trinajstić information content (AvgIpc) is 3.31. The zero-order valence-corrected chi connectivity index (χ0v) is 15.6. The van der Waals surface area contributed by atoms with Crippen LogP contribution in [-0.2, 0) is 0 Å². The van der Waals surface area contributed by atoms with Gasteiger partial charge in [-0.2, -0.15) is 5.10 Å². The summed E-state index contributed by atoms with van der Waals surface area (Å²) in [6.45, 7) is 5.38. The van der Waals surface area contributed by atoms with Crippen LogP contribution < -0.4 is 10.9 Å². The van der Waals surface area contributed by atoms with Crippen LogP contribution in [0.1, 0.15) is 23.7 Å². The van der Waals surface area contributed by atoms with E-state index in [-0.39, 0.29) is 17.0 Å². The van der Waals surface area contributed by atoms with Crippen molar-refractivity contribution in [2.75, 3.05) is 13.1 Å². The van der Waals surface area contributed by atoms with Crippen LogP contribution in [0.25, 0.3) is 27.8 Å². The molecule has 0 spiro atoms. The molecule has 4 heterocycles. The van der Waals surface area contributed by atoms with Crippen LogP contribution in [0.2, 0.25) is 0 Å². The van der Waals surface area contributed by atoms with E-state index in [0.29, 0.717) is 23.3 Å². The van der Waals surface area contributed by atoms with E-state index in [9.17, 15) is 9.18 Å². The number of halogens is 1. The molecule has 1 atom stereocenters. The molecule has 1 unspecified atom stereocenters. The molecule has 1 aliphatic rings. The molecule has 0 radical (unpaired) electrons. The lowest BCUT2D eigenvalue weighted by Gasteiger charge is -2.13. The molecule has 1 saturated heterocycles. The number of imidazole rings is 1. The van der Waals surface area contributed by atoms with Gasteiger partial charge in [0, 0.05) is 12.1 Å². The van der Waals surface area contributed by atoms with Crippen molar-refractivity contribution in [2.45, 2.75) is 26.3 Å². The minimum atomic E-state index is -0.577. The molecule has 142 valence electrons. The normalized spacial score (nSPS) is 17.0. The van der Waals surface area contributed by atoms with E-state index in [0.717, 1.165) is 29.9 Å². The second-order valence-electron chi connectivity index (χ2n) is 7.32. The van der Waals surface area contributed by atoms with Gasteiger partial charge in [-0.05, 0) is 50.6 Å². The average molecular weight is 378 g/mol. The summed E-state index contributed by atoms with van der Waals surface area (Å²) in [7, 11) is 0. The van der Waals surface area contributed by atoms with Gasteiger partial charge in [0.25, 0.3) is 5.56 Å². The summed E-state index contributed by atoms with van der Waals surface area (Å²) < 4.78 is 18.2. The summed E-state index contributed by atoms with van der Waals surface area (Å²) in [5.41, 5.74) is 3.75. The summed E-state index contributed by atoms with van der Waals surface area (Å²) in [6.07, 6.45) is 4.18. The lowest BCUT2D eigenvalue weighted by atomic mass is 10.1. The van der Waals surface area contributed by atoms with Crippen LogP contribution in [0.4, 0.5) is 4.39 Å². The molecule has 4 aromatic rings. The van der Waals surface area contributed by atoms with Crippen molar-refractivity contribution in [3.63, 3.8) is 0 Å². The Labute approximate surface area is 159 Å². The van der Waals surface area contributed by atoms with Crippen molar-refractivity contribution in [3.8, 4) is 11.3 Å². The fourth-order valence-electron chi connectivity index (χ4n) is 3.88. The third kappa shape index (κ3) is 2.60. The lowest BCUT2D eigenvalue weighted by Crippen LogP contribution is -2.27. The first kappa shape index (κ1) is 17.0. The molecule has 8 heteroatoms. The van der Waals surface area contributed by atoms with Crippen LogP contribution >= 0.6 is 0 Å². The number of aryl methyl sites for hydroxylation is 2. The number of hydrogen-bond acceptors (Lipinski definition) is 5. The number of benzene rings is 1. The van der Waals surface area contributed by atoms with Gasteiger partial charge in [0.15, 0.2) is 5.65 Å². The molecule has 1 aromatic carbocycles. The standard InChI is InChI=1S/C20H19FN6O/c1-11-5-16(25-27-9-12(2)24-19(11)27)13-6-15(21)18-17(7-13)23-10-26(20(18)28)14-3-4-22-8-14/h5-7,9-10,14,22H,3-4,8H2,1-2H3. The Balaban J connectivity index is 1.68. The Morgan fingerprint density at radius 2 is 2.11 bits per heavy atom. The Morgan fingerprint density at radius 1 is 1.25 bits per heavy atom. The number of fused-ring (bicyclic) bond motifs is 2. The van der Waals surface area contributed by atoms with Crippen LogP contribution in [-0.4, -0.2) is 37.2 Å². The molecule has 0 amide bonds. The van der Waals surface area contributed by atoms with Gasteiger partial charge < -0.3 is 5.32 Å². The third-order valence-electron chi connectivity index (χ3n) is 5.29.